The molecule has 0 fully saturated rings. The van der Waals surface area contributed by atoms with Crippen molar-refractivity contribution < 1.29 is 22.0 Å². The van der Waals surface area contributed by atoms with Gasteiger partial charge >= 0.3 is 9.28 Å². The molecule has 0 aliphatic rings. The zero-order chi connectivity index (χ0) is 10.3. The standard InChI is InChI=1S/C7H15F3O2Si/c1-3-11-13(12-4-2)5-6(8)7(9)10/h6-7,13H,3-5H2,1-2H3. The van der Waals surface area contributed by atoms with Crippen molar-refractivity contribution in [1.82, 2.24) is 0 Å². The smallest absolute Gasteiger partial charge is 0.324 e. The van der Waals surface area contributed by atoms with Gasteiger partial charge in [-0.1, -0.05) is 0 Å². The Morgan fingerprint density at radius 1 is 1.08 bits per heavy atom. The van der Waals surface area contributed by atoms with Crippen molar-refractivity contribution in [2.75, 3.05) is 13.2 Å². The molecular weight excluding hydrogens is 201 g/mol. The van der Waals surface area contributed by atoms with E-state index in [0.717, 1.165) is 0 Å². The van der Waals surface area contributed by atoms with E-state index < -0.39 is 21.9 Å². The fraction of sp³-hybridized carbons (Fsp3) is 1.00. The predicted octanol–water partition coefficient (Wildman–Crippen LogP) is 1.88. The third kappa shape index (κ3) is 6.06. The van der Waals surface area contributed by atoms with Gasteiger partial charge in [-0.05, 0) is 13.8 Å². The van der Waals surface area contributed by atoms with Crippen molar-refractivity contribution in [1.29, 1.82) is 0 Å². The first-order valence-electron chi connectivity index (χ1n) is 4.27. The second kappa shape index (κ2) is 7.34. The van der Waals surface area contributed by atoms with E-state index in [4.69, 9.17) is 8.85 Å². The number of hydrogen-bond donors (Lipinski definition) is 0. The maximum atomic E-state index is 12.5. The van der Waals surface area contributed by atoms with Crippen LogP contribution in [-0.2, 0) is 8.85 Å². The highest BCUT2D eigenvalue weighted by molar-refractivity contribution is 6.44. The maximum absolute atomic E-state index is 12.5. The van der Waals surface area contributed by atoms with Gasteiger partial charge in [0.05, 0.1) is 0 Å². The van der Waals surface area contributed by atoms with E-state index in [9.17, 15) is 13.2 Å². The molecule has 0 radical (unpaired) electrons. The van der Waals surface area contributed by atoms with Crippen LogP contribution < -0.4 is 0 Å². The van der Waals surface area contributed by atoms with Crippen LogP contribution in [0.4, 0.5) is 13.2 Å². The van der Waals surface area contributed by atoms with Crippen LogP contribution in [0.1, 0.15) is 13.8 Å². The highest BCUT2D eigenvalue weighted by Gasteiger charge is 2.26. The molecule has 0 saturated heterocycles. The Morgan fingerprint density at radius 3 is 1.85 bits per heavy atom. The summed E-state index contributed by atoms with van der Waals surface area (Å²) in [7, 11) is -2.20. The molecule has 0 N–H and O–H groups in total. The molecular formula is C7H15F3O2Si. The Morgan fingerprint density at radius 2 is 1.54 bits per heavy atom. The molecule has 0 spiro atoms. The molecule has 0 rings (SSSR count). The lowest BCUT2D eigenvalue weighted by Gasteiger charge is -2.16. The second-order valence-electron chi connectivity index (χ2n) is 2.43. The molecule has 6 heteroatoms. The van der Waals surface area contributed by atoms with Gasteiger partial charge in [0.2, 0.25) is 0 Å². The largest absolute Gasteiger partial charge is 0.397 e. The van der Waals surface area contributed by atoms with Crippen LogP contribution in [0.25, 0.3) is 0 Å². The Bertz CT molecular complexity index is 120. The number of alkyl halides is 3. The molecule has 1 atom stereocenters. The third-order valence-corrected chi connectivity index (χ3v) is 3.64. The van der Waals surface area contributed by atoms with Gasteiger partial charge in [0.25, 0.3) is 6.43 Å². The number of rotatable bonds is 7. The van der Waals surface area contributed by atoms with Crippen molar-refractivity contribution in [2.45, 2.75) is 32.5 Å². The van der Waals surface area contributed by atoms with Gasteiger partial charge in [-0.25, -0.2) is 13.2 Å². The van der Waals surface area contributed by atoms with Crippen molar-refractivity contribution in [2.24, 2.45) is 0 Å². The number of hydrogen-bond acceptors (Lipinski definition) is 2. The molecule has 0 heterocycles. The summed E-state index contributed by atoms with van der Waals surface area (Å²) in [5.41, 5.74) is 0. The Labute approximate surface area is 77.9 Å². The summed E-state index contributed by atoms with van der Waals surface area (Å²) in [4.78, 5) is 0. The molecule has 0 amide bonds. The first kappa shape index (κ1) is 12.9. The molecule has 0 aliphatic carbocycles. The van der Waals surface area contributed by atoms with Crippen LogP contribution in [0, 0.1) is 0 Å². The first-order valence-corrected chi connectivity index (χ1v) is 6.03. The van der Waals surface area contributed by atoms with Crippen molar-refractivity contribution in [3.05, 3.63) is 0 Å². The zero-order valence-corrected chi connectivity index (χ0v) is 8.96. The molecule has 0 bridgehead atoms. The molecule has 0 aliphatic heterocycles. The zero-order valence-electron chi connectivity index (χ0n) is 7.80. The normalized spacial score (nSPS) is 14.1. The lowest BCUT2D eigenvalue weighted by molar-refractivity contribution is 0.0538. The lowest BCUT2D eigenvalue weighted by Crippen LogP contribution is -2.29. The summed E-state index contributed by atoms with van der Waals surface area (Å²) in [6.45, 7) is 4.23. The minimum atomic E-state index is -2.93. The van der Waals surface area contributed by atoms with Gasteiger partial charge in [-0.15, -0.1) is 0 Å². The van der Waals surface area contributed by atoms with Gasteiger partial charge in [-0.3, -0.25) is 0 Å². The average Bonchev–Trinajstić information content (AvgIpc) is 2.05. The van der Waals surface area contributed by atoms with E-state index in [1.807, 2.05) is 0 Å². The van der Waals surface area contributed by atoms with Crippen LogP contribution >= 0.6 is 0 Å². The van der Waals surface area contributed by atoms with Gasteiger partial charge in [0, 0.05) is 19.3 Å². The minimum absolute atomic E-state index is 0.278. The molecule has 0 aromatic carbocycles. The third-order valence-electron chi connectivity index (χ3n) is 1.40. The quantitative estimate of drug-likeness (QED) is 0.605. The summed E-state index contributed by atoms with van der Waals surface area (Å²) >= 11 is 0. The Kier molecular flexibility index (Phi) is 7.30. The highest BCUT2D eigenvalue weighted by Crippen LogP contribution is 2.13. The van der Waals surface area contributed by atoms with Crippen molar-refractivity contribution in [3.8, 4) is 0 Å². The Balaban J connectivity index is 3.78. The van der Waals surface area contributed by atoms with Gasteiger partial charge < -0.3 is 8.85 Å². The van der Waals surface area contributed by atoms with E-state index >= 15 is 0 Å². The lowest BCUT2D eigenvalue weighted by atomic mass is 10.5. The minimum Gasteiger partial charge on any atom is -0.397 e. The summed E-state index contributed by atoms with van der Waals surface area (Å²) in [6, 6.07) is -0.278. The van der Waals surface area contributed by atoms with E-state index in [1.54, 1.807) is 13.8 Å². The van der Waals surface area contributed by atoms with Gasteiger partial charge in [0.1, 0.15) is 0 Å². The van der Waals surface area contributed by atoms with Crippen LogP contribution in [0.2, 0.25) is 6.04 Å². The molecule has 2 nitrogen and oxygen atoms in total. The number of halogens is 3. The average molecular weight is 216 g/mol. The fourth-order valence-corrected chi connectivity index (χ4v) is 2.53. The van der Waals surface area contributed by atoms with Crippen molar-refractivity contribution in [3.63, 3.8) is 0 Å². The van der Waals surface area contributed by atoms with E-state index in [-0.39, 0.29) is 6.04 Å². The van der Waals surface area contributed by atoms with E-state index in [0.29, 0.717) is 13.2 Å². The van der Waals surface area contributed by atoms with Crippen LogP contribution in [0.5, 0.6) is 0 Å². The molecule has 0 aromatic heterocycles. The Hall–Kier alpha value is -0.0731. The molecule has 0 aromatic rings. The van der Waals surface area contributed by atoms with Gasteiger partial charge in [-0.2, -0.15) is 0 Å². The molecule has 13 heavy (non-hydrogen) atoms. The first-order chi connectivity index (χ1) is 6.11. The molecule has 80 valence electrons. The van der Waals surface area contributed by atoms with Crippen molar-refractivity contribution >= 4 is 9.28 Å². The second-order valence-corrected chi connectivity index (χ2v) is 4.42. The molecule has 1 unspecified atom stereocenters. The summed E-state index contributed by atoms with van der Waals surface area (Å²) in [5, 5.41) is 0. The van der Waals surface area contributed by atoms with Crippen LogP contribution in [0.15, 0.2) is 0 Å². The van der Waals surface area contributed by atoms with Crippen LogP contribution in [-0.4, -0.2) is 35.1 Å². The molecule has 0 saturated carbocycles. The van der Waals surface area contributed by atoms with E-state index in [1.165, 1.54) is 0 Å². The SMILES string of the molecule is CCO[SiH](CC(F)C(F)F)OCC. The predicted molar refractivity (Wildman–Crippen MR) is 46.1 cm³/mol. The van der Waals surface area contributed by atoms with Crippen LogP contribution in [0.3, 0.4) is 0 Å². The van der Waals surface area contributed by atoms with Gasteiger partial charge in [0.15, 0.2) is 6.17 Å². The topological polar surface area (TPSA) is 18.5 Å². The van der Waals surface area contributed by atoms with E-state index in [2.05, 4.69) is 0 Å². The summed E-state index contributed by atoms with van der Waals surface area (Å²) < 4.78 is 46.3. The summed E-state index contributed by atoms with van der Waals surface area (Å²) in [5.74, 6) is 0. The maximum Gasteiger partial charge on any atom is 0.324 e. The summed E-state index contributed by atoms with van der Waals surface area (Å²) in [6.07, 6.45) is -5.05. The highest BCUT2D eigenvalue weighted by atomic mass is 28.3. The monoisotopic (exact) mass is 216 g/mol. The fourth-order valence-electron chi connectivity index (χ4n) is 0.843.